The zero-order chi connectivity index (χ0) is 25.1. The van der Waals surface area contributed by atoms with Gasteiger partial charge in [-0.05, 0) is 83.5 Å². The molecule has 0 unspecified atom stereocenters. The molecule has 0 bridgehead atoms. The summed E-state index contributed by atoms with van der Waals surface area (Å²) >= 11 is 5.29. The molecule has 176 valence electrons. The smallest absolute Gasteiger partial charge is 0.270 e. The van der Waals surface area contributed by atoms with Crippen molar-refractivity contribution in [3.63, 3.8) is 0 Å². The maximum Gasteiger partial charge on any atom is 0.270 e. The molecule has 0 aliphatic carbocycles. The van der Waals surface area contributed by atoms with Gasteiger partial charge in [-0.1, -0.05) is 54.6 Å². The third kappa shape index (κ3) is 4.92. The van der Waals surface area contributed by atoms with Crippen LogP contribution in [0.1, 0.15) is 5.56 Å². The second-order valence-electron chi connectivity index (χ2n) is 8.00. The molecule has 0 radical (unpaired) electrons. The lowest BCUT2D eigenvalue weighted by Gasteiger charge is -2.29. The normalized spacial score (nSPS) is 14.6. The maximum absolute atomic E-state index is 13.3. The first-order valence-electron chi connectivity index (χ1n) is 11.1. The summed E-state index contributed by atoms with van der Waals surface area (Å²) in [5.41, 5.74) is 2.87. The second-order valence-corrected chi connectivity index (χ2v) is 8.38. The molecule has 1 N–H and O–H groups in total. The molecule has 5 nitrogen and oxygen atoms in total. The van der Waals surface area contributed by atoms with Crippen LogP contribution in [0, 0.1) is 5.82 Å². The van der Waals surface area contributed by atoms with E-state index in [1.807, 2.05) is 42.5 Å². The van der Waals surface area contributed by atoms with Gasteiger partial charge in [-0.15, -0.1) is 0 Å². The number of thiocarbonyl (C=S) groups is 1. The third-order valence-electron chi connectivity index (χ3n) is 5.57. The van der Waals surface area contributed by atoms with Crippen LogP contribution in [-0.4, -0.2) is 16.9 Å². The molecule has 1 aliphatic heterocycles. The van der Waals surface area contributed by atoms with E-state index >= 15 is 0 Å². The van der Waals surface area contributed by atoms with Crippen molar-refractivity contribution in [1.82, 2.24) is 5.32 Å². The van der Waals surface area contributed by atoms with Gasteiger partial charge in [0.25, 0.3) is 11.8 Å². The monoisotopic (exact) mass is 494 g/mol. The highest BCUT2D eigenvalue weighted by Crippen LogP contribution is 2.27. The first kappa shape index (κ1) is 23.1. The Balaban J connectivity index is 1.37. The van der Waals surface area contributed by atoms with Gasteiger partial charge in [0.15, 0.2) is 5.11 Å². The molecule has 4 aromatic rings. The predicted molar refractivity (Wildman–Crippen MR) is 141 cm³/mol. The largest absolute Gasteiger partial charge is 0.457 e. The molecule has 36 heavy (non-hydrogen) atoms. The SMILES string of the molecule is O=C1NC(=S)N(c2ccc(Oc3ccccc3)cc2)C(=O)C1=Cc1ccc(-c2ccc(F)cc2)cc1. The molecule has 0 aromatic heterocycles. The van der Waals surface area contributed by atoms with Crippen LogP contribution in [0.5, 0.6) is 11.5 Å². The van der Waals surface area contributed by atoms with Crippen LogP contribution in [0.2, 0.25) is 0 Å². The van der Waals surface area contributed by atoms with Crippen molar-refractivity contribution >= 4 is 40.9 Å². The Morgan fingerprint density at radius 1 is 0.750 bits per heavy atom. The van der Waals surface area contributed by atoms with Gasteiger partial charge < -0.3 is 4.74 Å². The molecule has 0 spiro atoms. The Morgan fingerprint density at radius 2 is 1.33 bits per heavy atom. The zero-order valence-electron chi connectivity index (χ0n) is 18.9. The van der Waals surface area contributed by atoms with Gasteiger partial charge in [-0.2, -0.15) is 0 Å². The highest BCUT2D eigenvalue weighted by Gasteiger charge is 2.34. The van der Waals surface area contributed by atoms with Crippen LogP contribution < -0.4 is 15.0 Å². The number of para-hydroxylation sites is 1. The van der Waals surface area contributed by atoms with Crippen LogP contribution in [0.15, 0.2) is 109 Å². The minimum atomic E-state index is -0.562. The Kier molecular flexibility index (Phi) is 6.38. The first-order valence-corrected chi connectivity index (χ1v) is 11.5. The Bertz CT molecular complexity index is 1470. The molecule has 5 rings (SSSR count). The van der Waals surface area contributed by atoms with E-state index in [0.717, 1.165) is 11.1 Å². The fraction of sp³-hybridized carbons (Fsp3) is 0. The van der Waals surface area contributed by atoms with E-state index in [4.69, 9.17) is 17.0 Å². The van der Waals surface area contributed by atoms with Crippen molar-refractivity contribution in [3.8, 4) is 22.6 Å². The minimum absolute atomic E-state index is 0.00513. The van der Waals surface area contributed by atoms with E-state index in [1.165, 1.54) is 23.1 Å². The summed E-state index contributed by atoms with van der Waals surface area (Å²) in [6.45, 7) is 0. The number of rotatable bonds is 5. The average molecular weight is 495 g/mol. The lowest BCUT2D eigenvalue weighted by atomic mass is 10.0. The number of ether oxygens (including phenoxy) is 1. The molecular weight excluding hydrogens is 475 g/mol. The number of carbonyl (C=O) groups excluding carboxylic acids is 2. The number of anilines is 1. The van der Waals surface area contributed by atoms with E-state index in [9.17, 15) is 14.0 Å². The number of benzene rings is 4. The van der Waals surface area contributed by atoms with Crippen molar-refractivity contribution in [2.24, 2.45) is 0 Å². The van der Waals surface area contributed by atoms with Crippen molar-refractivity contribution in [2.75, 3.05) is 4.90 Å². The summed E-state index contributed by atoms with van der Waals surface area (Å²) in [6.07, 6.45) is 1.52. The highest BCUT2D eigenvalue weighted by atomic mass is 32.1. The van der Waals surface area contributed by atoms with Crippen LogP contribution in [0.3, 0.4) is 0 Å². The Labute approximate surface area is 212 Å². The van der Waals surface area contributed by atoms with Crippen molar-refractivity contribution in [3.05, 3.63) is 120 Å². The van der Waals surface area contributed by atoms with Gasteiger partial charge in [-0.3, -0.25) is 19.8 Å². The molecule has 7 heteroatoms. The number of hydrogen-bond donors (Lipinski definition) is 1. The van der Waals surface area contributed by atoms with Crippen LogP contribution in [0.25, 0.3) is 17.2 Å². The molecular formula is C29H19FN2O3S. The van der Waals surface area contributed by atoms with E-state index in [1.54, 1.807) is 48.5 Å². The molecule has 2 amide bonds. The number of nitrogens with zero attached hydrogens (tertiary/aromatic N) is 1. The van der Waals surface area contributed by atoms with Crippen molar-refractivity contribution in [2.45, 2.75) is 0 Å². The van der Waals surface area contributed by atoms with Gasteiger partial charge in [0.2, 0.25) is 0 Å². The lowest BCUT2D eigenvalue weighted by molar-refractivity contribution is -0.122. The quantitative estimate of drug-likeness (QED) is 0.206. The highest BCUT2D eigenvalue weighted by molar-refractivity contribution is 7.80. The van der Waals surface area contributed by atoms with Gasteiger partial charge in [0.05, 0.1) is 5.69 Å². The molecule has 1 aliphatic rings. The summed E-state index contributed by atoms with van der Waals surface area (Å²) in [5, 5.41) is 2.59. The van der Waals surface area contributed by atoms with Crippen molar-refractivity contribution < 1.29 is 18.7 Å². The topological polar surface area (TPSA) is 58.6 Å². The molecule has 0 saturated carbocycles. The minimum Gasteiger partial charge on any atom is -0.457 e. The average Bonchev–Trinajstić information content (AvgIpc) is 2.89. The van der Waals surface area contributed by atoms with Gasteiger partial charge >= 0.3 is 0 Å². The summed E-state index contributed by atoms with van der Waals surface area (Å²) in [5.74, 6) is -0.0992. The molecule has 1 heterocycles. The van der Waals surface area contributed by atoms with Crippen LogP contribution in [0.4, 0.5) is 10.1 Å². The number of halogens is 1. The predicted octanol–water partition coefficient (Wildman–Crippen LogP) is 6.12. The summed E-state index contributed by atoms with van der Waals surface area (Å²) in [4.78, 5) is 27.2. The number of amides is 2. The molecule has 1 fully saturated rings. The summed E-state index contributed by atoms with van der Waals surface area (Å²) in [6, 6.07) is 29.7. The third-order valence-corrected chi connectivity index (χ3v) is 5.86. The molecule has 0 atom stereocenters. The lowest BCUT2D eigenvalue weighted by Crippen LogP contribution is -2.54. The first-order chi connectivity index (χ1) is 17.5. The van der Waals surface area contributed by atoms with Gasteiger partial charge in [0.1, 0.15) is 22.9 Å². The second kappa shape index (κ2) is 9.93. The van der Waals surface area contributed by atoms with E-state index < -0.39 is 11.8 Å². The fourth-order valence-corrected chi connectivity index (χ4v) is 4.04. The molecule has 4 aromatic carbocycles. The van der Waals surface area contributed by atoms with Crippen molar-refractivity contribution in [1.29, 1.82) is 0 Å². The summed E-state index contributed by atoms with van der Waals surface area (Å²) in [7, 11) is 0. The van der Waals surface area contributed by atoms with E-state index in [0.29, 0.717) is 22.7 Å². The Hall–Kier alpha value is -4.62. The Morgan fingerprint density at radius 3 is 1.97 bits per heavy atom. The zero-order valence-corrected chi connectivity index (χ0v) is 19.7. The van der Waals surface area contributed by atoms with Crippen LogP contribution >= 0.6 is 12.2 Å². The van der Waals surface area contributed by atoms with Crippen LogP contribution in [-0.2, 0) is 9.59 Å². The maximum atomic E-state index is 13.3. The number of carbonyl (C=O) groups is 2. The van der Waals surface area contributed by atoms with Gasteiger partial charge in [-0.25, -0.2) is 4.39 Å². The fourth-order valence-electron chi connectivity index (χ4n) is 3.76. The number of hydrogen-bond acceptors (Lipinski definition) is 4. The summed E-state index contributed by atoms with van der Waals surface area (Å²) < 4.78 is 19.0. The van der Waals surface area contributed by atoms with Gasteiger partial charge in [0, 0.05) is 0 Å². The molecule has 1 saturated heterocycles. The number of nitrogens with one attached hydrogen (secondary N) is 1. The van der Waals surface area contributed by atoms with E-state index in [2.05, 4.69) is 5.32 Å². The standard InChI is InChI=1S/C29H19FN2O3S/c30-22-12-10-21(11-13-22)20-8-6-19(7-9-20)18-26-27(33)31-29(36)32(28(26)34)23-14-16-25(17-15-23)35-24-4-2-1-3-5-24/h1-18H,(H,31,33,36). The van der Waals surface area contributed by atoms with E-state index in [-0.39, 0.29) is 16.5 Å².